The molecule has 1 aromatic carbocycles. The molecule has 0 amide bonds. The van der Waals surface area contributed by atoms with Crippen molar-refractivity contribution in [3.8, 4) is 53.1 Å². The van der Waals surface area contributed by atoms with Gasteiger partial charge in [0, 0.05) is 12.8 Å². The topological polar surface area (TPSA) is 46.5 Å². The van der Waals surface area contributed by atoms with E-state index in [-0.39, 0.29) is 6.42 Å². The Balaban J connectivity index is 2.11. The maximum absolute atomic E-state index is 10.3. The van der Waals surface area contributed by atoms with Crippen LogP contribution in [-0.2, 0) is 11.2 Å². The third kappa shape index (κ3) is 14.5. The number of ether oxygens (including phenoxy) is 1. The van der Waals surface area contributed by atoms with Gasteiger partial charge in [0.1, 0.15) is 12.4 Å². The van der Waals surface area contributed by atoms with E-state index in [2.05, 4.69) is 66.4 Å². The first-order valence-electron chi connectivity index (χ1n) is 9.98. The van der Waals surface area contributed by atoms with Crippen molar-refractivity contribution in [2.24, 2.45) is 0 Å². The minimum Gasteiger partial charge on any atom is -0.481 e. The number of aryl methyl sites for hydroxylation is 1. The molecule has 29 heavy (non-hydrogen) atoms. The molecule has 1 N–H and O–H groups in total. The smallest absolute Gasteiger partial charge is 0.303 e. The summed E-state index contributed by atoms with van der Waals surface area (Å²) in [6.07, 6.45) is 6.37. The molecule has 0 aliphatic heterocycles. The standard InChI is InChI=1S/C26H28O3/c1-2-3-17-24-19-21-25(22-20-24)29-23-16-14-12-10-8-6-4-5-7-9-11-13-15-18-26(27)28/h19-22H,2-3,6-7,12-13,15,17-18,23H2,1H3,(H,27,28). The van der Waals surface area contributed by atoms with Crippen molar-refractivity contribution in [1.82, 2.24) is 0 Å². The Morgan fingerprint density at radius 1 is 0.862 bits per heavy atom. The Hall–Kier alpha value is -3.27. The van der Waals surface area contributed by atoms with Crippen LogP contribution in [-0.4, -0.2) is 17.7 Å². The lowest BCUT2D eigenvalue weighted by Gasteiger charge is -2.03. The lowest BCUT2D eigenvalue weighted by molar-refractivity contribution is -0.137. The van der Waals surface area contributed by atoms with Crippen molar-refractivity contribution < 1.29 is 14.6 Å². The Morgan fingerprint density at radius 2 is 1.45 bits per heavy atom. The summed E-state index contributed by atoms with van der Waals surface area (Å²) in [5, 5.41) is 8.50. The van der Waals surface area contributed by atoms with Gasteiger partial charge in [-0.1, -0.05) is 66.9 Å². The van der Waals surface area contributed by atoms with Gasteiger partial charge in [0.15, 0.2) is 0 Å². The fraction of sp³-hybridized carbons (Fsp3) is 0.423. The van der Waals surface area contributed by atoms with Crippen molar-refractivity contribution in [1.29, 1.82) is 0 Å². The van der Waals surface area contributed by atoms with Crippen molar-refractivity contribution in [2.45, 2.75) is 64.7 Å². The van der Waals surface area contributed by atoms with Crippen LogP contribution in [0.3, 0.4) is 0 Å². The van der Waals surface area contributed by atoms with Crippen molar-refractivity contribution in [3.63, 3.8) is 0 Å². The van der Waals surface area contributed by atoms with Crippen LogP contribution in [0.1, 0.15) is 63.9 Å². The molecule has 1 rings (SSSR count). The second-order valence-corrected chi connectivity index (χ2v) is 6.23. The van der Waals surface area contributed by atoms with Gasteiger partial charge in [-0.15, -0.1) is 5.92 Å². The molecular weight excluding hydrogens is 360 g/mol. The summed E-state index contributed by atoms with van der Waals surface area (Å²) in [5.41, 5.74) is 1.34. The van der Waals surface area contributed by atoms with Crippen LogP contribution in [0.4, 0.5) is 0 Å². The molecule has 150 valence electrons. The minimum absolute atomic E-state index is 0.164. The molecular formula is C26H28O3. The van der Waals surface area contributed by atoms with E-state index >= 15 is 0 Å². The summed E-state index contributed by atoms with van der Waals surface area (Å²) in [5.74, 6) is 23.6. The number of carbonyl (C=O) groups is 1. The first-order valence-corrected chi connectivity index (χ1v) is 9.98. The first-order chi connectivity index (χ1) is 14.2. The van der Waals surface area contributed by atoms with E-state index < -0.39 is 5.97 Å². The fourth-order valence-corrected chi connectivity index (χ4v) is 2.23. The SMILES string of the molecule is CCCCc1ccc(OCC#CCC#CCC#CCC#CCCCC(=O)O)cc1. The third-order valence-corrected chi connectivity index (χ3v) is 3.78. The second-order valence-electron chi connectivity index (χ2n) is 6.23. The van der Waals surface area contributed by atoms with Gasteiger partial charge in [-0.25, -0.2) is 0 Å². The van der Waals surface area contributed by atoms with Gasteiger partial charge in [0.05, 0.1) is 19.3 Å². The summed E-state index contributed by atoms with van der Waals surface area (Å²) in [4.78, 5) is 10.3. The van der Waals surface area contributed by atoms with Crippen LogP contribution in [0.2, 0.25) is 0 Å². The molecule has 0 aromatic heterocycles. The zero-order valence-corrected chi connectivity index (χ0v) is 17.1. The zero-order chi connectivity index (χ0) is 21.0. The van der Waals surface area contributed by atoms with Gasteiger partial charge in [-0.3, -0.25) is 4.79 Å². The maximum atomic E-state index is 10.3. The van der Waals surface area contributed by atoms with Crippen LogP contribution in [0.15, 0.2) is 24.3 Å². The highest BCUT2D eigenvalue weighted by atomic mass is 16.5. The highest BCUT2D eigenvalue weighted by molar-refractivity contribution is 5.66. The van der Waals surface area contributed by atoms with Gasteiger partial charge in [0.2, 0.25) is 0 Å². The largest absolute Gasteiger partial charge is 0.481 e. The summed E-state index contributed by atoms with van der Waals surface area (Å²) in [6, 6.07) is 8.20. The van der Waals surface area contributed by atoms with Gasteiger partial charge < -0.3 is 9.84 Å². The van der Waals surface area contributed by atoms with Crippen molar-refractivity contribution in [3.05, 3.63) is 29.8 Å². The molecule has 3 heteroatoms. The lowest BCUT2D eigenvalue weighted by Crippen LogP contribution is -1.94. The molecule has 1 aromatic rings. The molecule has 3 nitrogen and oxygen atoms in total. The summed E-state index contributed by atoms with van der Waals surface area (Å²) >= 11 is 0. The van der Waals surface area contributed by atoms with Crippen LogP contribution in [0.5, 0.6) is 5.75 Å². The molecule has 0 radical (unpaired) electrons. The van der Waals surface area contributed by atoms with E-state index in [0.717, 1.165) is 12.2 Å². The average Bonchev–Trinajstić information content (AvgIpc) is 2.72. The number of carboxylic acids is 1. The monoisotopic (exact) mass is 388 g/mol. The van der Waals surface area contributed by atoms with Gasteiger partial charge in [-0.05, 0) is 37.0 Å². The molecule has 0 bridgehead atoms. The Morgan fingerprint density at radius 3 is 2.03 bits per heavy atom. The van der Waals surface area contributed by atoms with E-state index in [0.29, 0.717) is 38.7 Å². The number of hydrogen-bond donors (Lipinski definition) is 1. The Labute approximate surface area is 175 Å². The molecule has 0 heterocycles. The molecule has 0 fully saturated rings. The lowest BCUT2D eigenvalue weighted by atomic mass is 10.1. The molecule has 0 atom stereocenters. The fourth-order valence-electron chi connectivity index (χ4n) is 2.23. The molecule has 0 saturated heterocycles. The highest BCUT2D eigenvalue weighted by Gasteiger charge is 1.94. The van der Waals surface area contributed by atoms with Crippen molar-refractivity contribution in [2.75, 3.05) is 6.61 Å². The van der Waals surface area contributed by atoms with E-state index in [1.54, 1.807) is 0 Å². The van der Waals surface area contributed by atoms with Crippen LogP contribution in [0.25, 0.3) is 0 Å². The van der Waals surface area contributed by atoms with Crippen molar-refractivity contribution >= 4 is 5.97 Å². The average molecular weight is 389 g/mol. The number of benzene rings is 1. The van der Waals surface area contributed by atoms with Crippen LogP contribution in [0, 0.1) is 47.4 Å². The predicted octanol–water partition coefficient (Wildman–Crippen LogP) is 4.85. The van der Waals surface area contributed by atoms with E-state index in [9.17, 15) is 4.79 Å². The summed E-state index contributed by atoms with van der Waals surface area (Å²) in [7, 11) is 0. The number of carboxylic acid groups (broad SMARTS) is 1. The zero-order valence-electron chi connectivity index (χ0n) is 17.1. The van der Waals surface area contributed by atoms with Crippen LogP contribution < -0.4 is 4.74 Å². The van der Waals surface area contributed by atoms with E-state index in [1.807, 2.05) is 12.1 Å². The number of rotatable bonds is 8. The van der Waals surface area contributed by atoms with Crippen LogP contribution >= 0.6 is 0 Å². The maximum Gasteiger partial charge on any atom is 0.303 e. The number of unbranched alkanes of at least 4 members (excludes halogenated alkanes) is 2. The van der Waals surface area contributed by atoms with Gasteiger partial charge in [-0.2, -0.15) is 0 Å². The highest BCUT2D eigenvalue weighted by Crippen LogP contribution is 2.13. The minimum atomic E-state index is -0.783. The van der Waals surface area contributed by atoms with Gasteiger partial charge >= 0.3 is 5.97 Å². The molecule has 0 aliphatic carbocycles. The molecule has 0 saturated carbocycles. The molecule has 0 unspecified atom stereocenters. The predicted molar refractivity (Wildman–Crippen MR) is 117 cm³/mol. The summed E-state index contributed by atoms with van der Waals surface area (Å²) in [6.45, 7) is 2.56. The Kier molecular flexibility index (Phi) is 13.8. The summed E-state index contributed by atoms with van der Waals surface area (Å²) < 4.78 is 5.60. The van der Waals surface area contributed by atoms with E-state index in [1.165, 1.54) is 18.4 Å². The number of hydrogen-bond acceptors (Lipinski definition) is 2. The Bertz CT molecular complexity index is 850. The first kappa shape index (κ1) is 23.8. The quantitative estimate of drug-likeness (QED) is 0.512. The van der Waals surface area contributed by atoms with Gasteiger partial charge in [0.25, 0.3) is 0 Å². The second kappa shape index (κ2) is 16.9. The van der Waals surface area contributed by atoms with E-state index in [4.69, 9.17) is 9.84 Å². The third-order valence-electron chi connectivity index (χ3n) is 3.78. The number of aliphatic carboxylic acids is 1. The normalized spacial score (nSPS) is 8.72. The molecule has 0 aliphatic rings. The molecule has 0 spiro atoms.